The Morgan fingerprint density at radius 2 is 2.17 bits per heavy atom. The summed E-state index contributed by atoms with van der Waals surface area (Å²) >= 11 is 0. The second-order valence-electron chi connectivity index (χ2n) is 4.62. The van der Waals surface area contributed by atoms with Crippen LogP contribution < -0.4 is 10.6 Å². The van der Waals surface area contributed by atoms with E-state index in [1.165, 1.54) is 11.1 Å². The molecule has 0 saturated heterocycles. The van der Waals surface area contributed by atoms with E-state index in [0.29, 0.717) is 0 Å². The van der Waals surface area contributed by atoms with Gasteiger partial charge in [0, 0.05) is 25.2 Å². The smallest absolute Gasteiger partial charge is 0.153 e. The van der Waals surface area contributed by atoms with Gasteiger partial charge in [0.05, 0.1) is 5.69 Å². The molecule has 92 valence electrons. The van der Waals surface area contributed by atoms with Crippen molar-refractivity contribution in [3.05, 3.63) is 47.2 Å². The van der Waals surface area contributed by atoms with Gasteiger partial charge in [-0.05, 0) is 36.2 Å². The Hall–Kier alpha value is -1.94. The maximum atomic E-state index is 4.29. The van der Waals surface area contributed by atoms with Gasteiger partial charge in [-0.15, -0.1) is 5.10 Å². The predicted molar refractivity (Wildman–Crippen MR) is 71.9 cm³/mol. The van der Waals surface area contributed by atoms with E-state index in [0.717, 1.165) is 36.7 Å². The Balaban J connectivity index is 1.85. The highest BCUT2D eigenvalue weighted by Gasteiger charge is 2.11. The minimum atomic E-state index is 0.808. The van der Waals surface area contributed by atoms with Gasteiger partial charge in [-0.25, -0.2) is 0 Å². The standard InChI is InChI=1S/C14H16N4/c1-10-3-2-4-12(7-10)16-14-8-11-9-15-6-5-13(11)17-18-14/h2-4,7-8,15H,5-6,9H2,1H3,(H,16,18). The number of aryl methyl sites for hydroxylation is 1. The number of nitrogens with zero attached hydrogens (tertiary/aromatic N) is 2. The lowest BCUT2D eigenvalue weighted by molar-refractivity contribution is 0.621. The molecule has 0 fully saturated rings. The molecule has 4 nitrogen and oxygen atoms in total. The monoisotopic (exact) mass is 240 g/mol. The van der Waals surface area contributed by atoms with Gasteiger partial charge in [-0.3, -0.25) is 0 Å². The molecule has 2 heterocycles. The maximum absolute atomic E-state index is 4.29. The third kappa shape index (κ3) is 2.33. The summed E-state index contributed by atoms with van der Waals surface area (Å²) in [4.78, 5) is 0. The highest BCUT2D eigenvalue weighted by Crippen LogP contribution is 2.18. The van der Waals surface area contributed by atoms with Crippen LogP contribution in [0.2, 0.25) is 0 Å². The minimum Gasteiger partial charge on any atom is -0.339 e. The summed E-state index contributed by atoms with van der Waals surface area (Å²) in [5, 5.41) is 15.2. The average Bonchev–Trinajstić information content (AvgIpc) is 2.39. The number of hydrogen-bond donors (Lipinski definition) is 2. The molecule has 1 aliphatic rings. The van der Waals surface area contributed by atoms with Crippen LogP contribution in [0.5, 0.6) is 0 Å². The van der Waals surface area contributed by atoms with Crippen molar-refractivity contribution in [1.82, 2.24) is 15.5 Å². The second-order valence-corrected chi connectivity index (χ2v) is 4.62. The zero-order valence-electron chi connectivity index (χ0n) is 10.4. The summed E-state index contributed by atoms with van der Waals surface area (Å²) < 4.78 is 0. The Bertz CT molecular complexity index is 565. The molecule has 18 heavy (non-hydrogen) atoms. The third-order valence-electron chi connectivity index (χ3n) is 3.10. The first-order valence-electron chi connectivity index (χ1n) is 6.21. The van der Waals surface area contributed by atoms with Gasteiger partial charge in [-0.2, -0.15) is 5.10 Å². The average molecular weight is 240 g/mol. The van der Waals surface area contributed by atoms with Crippen molar-refractivity contribution in [1.29, 1.82) is 0 Å². The second kappa shape index (κ2) is 4.74. The van der Waals surface area contributed by atoms with Crippen molar-refractivity contribution in [2.75, 3.05) is 11.9 Å². The SMILES string of the molecule is Cc1cccc(Nc2cc3c(nn2)CCNC3)c1. The minimum absolute atomic E-state index is 0.808. The molecule has 0 spiro atoms. The van der Waals surface area contributed by atoms with Crippen molar-refractivity contribution < 1.29 is 0 Å². The number of anilines is 2. The quantitative estimate of drug-likeness (QED) is 0.844. The molecule has 0 unspecified atom stereocenters. The van der Waals surface area contributed by atoms with Crippen LogP contribution in [0.3, 0.4) is 0 Å². The molecule has 2 aromatic rings. The Morgan fingerprint density at radius 3 is 3.06 bits per heavy atom. The first kappa shape index (κ1) is 11.2. The van der Waals surface area contributed by atoms with Gasteiger partial charge in [0.1, 0.15) is 0 Å². The highest BCUT2D eigenvalue weighted by atomic mass is 15.2. The molecule has 0 atom stereocenters. The van der Waals surface area contributed by atoms with E-state index in [2.05, 4.69) is 46.0 Å². The Morgan fingerprint density at radius 1 is 1.22 bits per heavy atom. The first-order chi connectivity index (χ1) is 8.81. The topological polar surface area (TPSA) is 49.8 Å². The van der Waals surface area contributed by atoms with E-state index in [4.69, 9.17) is 0 Å². The van der Waals surface area contributed by atoms with Crippen molar-refractivity contribution in [3.8, 4) is 0 Å². The van der Waals surface area contributed by atoms with Gasteiger partial charge in [0.2, 0.25) is 0 Å². The number of fused-ring (bicyclic) bond motifs is 1. The molecular formula is C14H16N4. The lowest BCUT2D eigenvalue weighted by Gasteiger charge is -2.16. The van der Waals surface area contributed by atoms with Crippen molar-refractivity contribution in [2.24, 2.45) is 0 Å². The maximum Gasteiger partial charge on any atom is 0.153 e. The van der Waals surface area contributed by atoms with Crippen LogP contribution in [-0.4, -0.2) is 16.7 Å². The number of rotatable bonds is 2. The summed E-state index contributed by atoms with van der Waals surface area (Å²) in [6.07, 6.45) is 0.965. The molecule has 1 aromatic heterocycles. The van der Waals surface area contributed by atoms with Gasteiger partial charge in [0.15, 0.2) is 5.82 Å². The summed E-state index contributed by atoms with van der Waals surface area (Å²) in [6.45, 7) is 3.95. The molecule has 1 aromatic carbocycles. The van der Waals surface area contributed by atoms with E-state index in [-0.39, 0.29) is 0 Å². The van der Waals surface area contributed by atoms with Crippen LogP contribution in [0.4, 0.5) is 11.5 Å². The lowest BCUT2D eigenvalue weighted by Crippen LogP contribution is -2.25. The number of hydrogen-bond acceptors (Lipinski definition) is 4. The molecule has 2 N–H and O–H groups in total. The van der Waals surface area contributed by atoms with Crippen LogP contribution in [0.15, 0.2) is 30.3 Å². The Labute approximate surface area is 106 Å². The predicted octanol–water partition coefficient (Wildman–Crippen LogP) is 2.17. The van der Waals surface area contributed by atoms with E-state index in [9.17, 15) is 0 Å². The van der Waals surface area contributed by atoms with Crippen LogP contribution in [0.25, 0.3) is 0 Å². The molecule has 3 rings (SSSR count). The van der Waals surface area contributed by atoms with Crippen molar-refractivity contribution in [2.45, 2.75) is 19.9 Å². The fraction of sp³-hybridized carbons (Fsp3) is 0.286. The number of nitrogens with one attached hydrogen (secondary N) is 2. The zero-order chi connectivity index (χ0) is 12.4. The van der Waals surface area contributed by atoms with Gasteiger partial charge in [0.25, 0.3) is 0 Å². The molecule has 0 bridgehead atoms. The molecule has 0 amide bonds. The van der Waals surface area contributed by atoms with Crippen LogP contribution in [-0.2, 0) is 13.0 Å². The van der Waals surface area contributed by atoms with E-state index < -0.39 is 0 Å². The lowest BCUT2D eigenvalue weighted by atomic mass is 10.1. The Kier molecular flexibility index (Phi) is 2.94. The molecular weight excluding hydrogens is 224 g/mol. The highest BCUT2D eigenvalue weighted by molar-refractivity contribution is 5.57. The largest absolute Gasteiger partial charge is 0.339 e. The van der Waals surface area contributed by atoms with E-state index >= 15 is 0 Å². The number of benzene rings is 1. The molecule has 0 aliphatic carbocycles. The summed E-state index contributed by atoms with van der Waals surface area (Å²) in [7, 11) is 0. The van der Waals surface area contributed by atoms with Gasteiger partial charge < -0.3 is 10.6 Å². The van der Waals surface area contributed by atoms with Crippen LogP contribution in [0.1, 0.15) is 16.8 Å². The van der Waals surface area contributed by atoms with Gasteiger partial charge >= 0.3 is 0 Å². The first-order valence-corrected chi connectivity index (χ1v) is 6.21. The van der Waals surface area contributed by atoms with E-state index in [1.807, 2.05) is 12.1 Å². The summed E-state index contributed by atoms with van der Waals surface area (Å²) in [5.74, 6) is 0.808. The fourth-order valence-corrected chi connectivity index (χ4v) is 2.18. The van der Waals surface area contributed by atoms with Crippen LogP contribution in [0, 0.1) is 6.92 Å². The fourth-order valence-electron chi connectivity index (χ4n) is 2.18. The molecule has 0 radical (unpaired) electrons. The summed E-state index contributed by atoms with van der Waals surface area (Å²) in [5.41, 5.74) is 4.63. The van der Waals surface area contributed by atoms with Gasteiger partial charge in [-0.1, -0.05) is 12.1 Å². The van der Waals surface area contributed by atoms with E-state index in [1.54, 1.807) is 0 Å². The van der Waals surface area contributed by atoms with Crippen LogP contribution >= 0.6 is 0 Å². The third-order valence-corrected chi connectivity index (χ3v) is 3.10. The number of aromatic nitrogens is 2. The van der Waals surface area contributed by atoms with Crippen molar-refractivity contribution >= 4 is 11.5 Å². The zero-order valence-corrected chi connectivity index (χ0v) is 10.4. The molecule has 1 aliphatic heterocycles. The molecule has 0 saturated carbocycles. The van der Waals surface area contributed by atoms with Crippen molar-refractivity contribution in [3.63, 3.8) is 0 Å². The summed E-state index contributed by atoms with van der Waals surface area (Å²) in [6, 6.07) is 10.3. The molecule has 4 heteroatoms. The normalized spacial score (nSPS) is 14.1.